The van der Waals surface area contributed by atoms with Crippen LogP contribution in [0.1, 0.15) is 40.0 Å². The van der Waals surface area contributed by atoms with Gasteiger partial charge in [0, 0.05) is 13.3 Å². The maximum absolute atomic E-state index is 14.1. The number of halogens is 1. The number of likely N-dealkylation sites (tertiary alicyclic amines) is 1. The first-order valence-corrected chi connectivity index (χ1v) is 12.2. The fourth-order valence-corrected chi connectivity index (χ4v) is 4.02. The van der Waals surface area contributed by atoms with Gasteiger partial charge in [-0.3, -0.25) is 24.0 Å². The number of nitrogens with one attached hydrogen (secondary N) is 3. The molecule has 1 fully saturated rings. The Kier molecular flexibility index (Phi) is 11.2. The van der Waals surface area contributed by atoms with Crippen molar-refractivity contribution in [2.75, 3.05) is 13.1 Å². The molecular weight excluding hydrogens is 503 g/mol. The number of benzene rings is 1. The molecule has 0 unspecified atom stereocenters. The zero-order chi connectivity index (χ0) is 28.4. The lowest BCUT2D eigenvalue weighted by atomic mass is 9.98. The van der Waals surface area contributed by atoms with E-state index in [1.54, 1.807) is 13.0 Å². The van der Waals surface area contributed by atoms with Crippen LogP contribution in [0.4, 0.5) is 4.39 Å². The van der Waals surface area contributed by atoms with Crippen LogP contribution in [0.3, 0.4) is 0 Å². The van der Waals surface area contributed by atoms with Crippen molar-refractivity contribution in [3.63, 3.8) is 0 Å². The molecule has 13 heteroatoms. The molecule has 0 aliphatic carbocycles. The summed E-state index contributed by atoms with van der Waals surface area (Å²) in [6.07, 6.45) is -0.660. The van der Waals surface area contributed by atoms with Crippen molar-refractivity contribution < 1.29 is 43.0 Å². The molecule has 2 rings (SSSR count). The second kappa shape index (κ2) is 14.1. The predicted molar refractivity (Wildman–Crippen MR) is 131 cm³/mol. The standard InChI is InChI=1S/C25H33FN4O8/c1-4-14(2)23(28-15(3)32)25(37)27-11-21(33)30-12-17(38-20-8-6-5-7-18(20)26)10-19(30)24(36)29-16(13-31)9-22(34)35/h5-8,13-14,16-17,19,23H,4,9-12H2,1-3H3,(H,27,37)(H,28,32)(H,29,36)(H,34,35)/t14-,16-,17+,19-,23-/m0/s1. The molecule has 1 heterocycles. The number of carboxylic acids is 1. The zero-order valence-electron chi connectivity index (χ0n) is 21.4. The Labute approximate surface area is 219 Å². The minimum atomic E-state index is -1.32. The number of aliphatic carboxylic acids is 1. The molecule has 1 aromatic rings. The van der Waals surface area contributed by atoms with Gasteiger partial charge in [0.1, 0.15) is 24.5 Å². The van der Waals surface area contributed by atoms with Crippen LogP contribution < -0.4 is 20.7 Å². The number of carbonyl (C=O) groups excluding carboxylic acids is 5. The van der Waals surface area contributed by atoms with E-state index in [4.69, 9.17) is 9.84 Å². The van der Waals surface area contributed by atoms with E-state index in [9.17, 15) is 33.2 Å². The first-order chi connectivity index (χ1) is 18.0. The molecule has 1 aliphatic heterocycles. The molecule has 1 aromatic carbocycles. The van der Waals surface area contributed by atoms with Crippen LogP contribution in [-0.2, 0) is 28.8 Å². The Morgan fingerprint density at radius 1 is 1.21 bits per heavy atom. The van der Waals surface area contributed by atoms with Gasteiger partial charge in [0.25, 0.3) is 0 Å². The van der Waals surface area contributed by atoms with E-state index in [2.05, 4.69) is 16.0 Å². The van der Waals surface area contributed by atoms with E-state index in [0.29, 0.717) is 6.42 Å². The van der Waals surface area contributed by atoms with Gasteiger partial charge < -0.3 is 35.5 Å². The summed E-state index contributed by atoms with van der Waals surface area (Å²) < 4.78 is 19.8. The van der Waals surface area contributed by atoms with Crippen molar-refractivity contribution in [1.29, 1.82) is 0 Å². The van der Waals surface area contributed by atoms with Crippen LogP contribution in [0.15, 0.2) is 24.3 Å². The average Bonchev–Trinajstić information content (AvgIpc) is 3.29. The molecule has 38 heavy (non-hydrogen) atoms. The Morgan fingerprint density at radius 2 is 1.89 bits per heavy atom. The number of amides is 4. The topological polar surface area (TPSA) is 171 Å². The molecule has 4 N–H and O–H groups in total. The van der Waals surface area contributed by atoms with E-state index in [0.717, 1.165) is 4.90 Å². The van der Waals surface area contributed by atoms with Gasteiger partial charge in [0.15, 0.2) is 11.6 Å². The van der Waals surface area contributed by atoms with Crippen LogP contribution in [-0.4, -0.2) is 83.2 Å². The molecule has 0 aromatic heterocycles. The minimum absolute atomic E-state index is 0.0696. The van der Waals surface area contributed by atoms with Crippen LogP contribution in [0, 0.1) is 11.7 Å². The van der Waals surface area contributed by atoms with Gasteiger partial charge in [0.05, 0.1) is 25.6 Å². The number of carbonyl (C=O) groups is 6. The lowest BCUT2D eigenvalue weighted by Gasteiger charge is -2.26. The SMILES string of the molecule is CC[C@H](C)[C@H](NC(C)=O)C(=O)NCC(=O)N1C[C@H](Oc2ccccc2F)C[C@H]1C(=O)N[C@H](C=O)CC(=O)O. The summed E-state index contributed by atoms with van der Waals surface area (Å²) in [5.74, 6) is -4.68. The highest BCUT2D eigenvalue weighted by Crippen LogP contribution is 2.25. The predicted octanol–water partition coefficient (Wildman–Crippen LogP) is -0.000600. The maximum atomic E-state index is 14.1. The van der Waals surface area contributed by atoms with Crippen LogP contribution >= 0.6 is 0 Å². The van der Waals surface area contributed by atoms with Gasteiger partial charge in [-0.2, -0.15) is 0 Å². The van der Waals surface area contributed by atoms with E-state index < -0.39 is 72.6 Å². The number of ether oxygens (including phenoxy) is 1. The molecule has 5 atom stereocenters. The lowest BCUT2D eigenvalue weighted by molar-refractivity contribution is -0.141. The lowest BCUT2D eigenvalue weighted by Crippen LogP contribution is -2.54. The Balaban J connectivity index is 2.17. The van der Waals surface area contributed by atoms with Crippen molar-refractivity contribution in [1.82, 2.24) is 20.9 Å². The van der Waals surface area contributed by atoms with Crippen molar-refractivity contribution >= 4 is 35.9 Å². The van der Waals surface area contributed by atoms with Crippen molar-refractivity contribution in [3.05, 3.63) is 30.1 Å². The molecule has 0 spiro atoms. The highest BCUT2D eigenvalue weighted by Gasteiger charge is 2.41. The number of aldehydes is 1. The largest absolute Gasteiger partial charge is 0.485 e. The third-order valence-electron chi connectivity index (χ3n) is 6.17. The summed E-state index contributed by atoms with van der Waals surface area (Å²) in [7, 11) is 0. The van der Waals surface area contributed by atoms with Crippen molar-refractivity contribution in [2.45, 2.75) is 64.3 Å². The van der Waals surface area contributed by atoms with E-state index in [1.165, 1.54) is 25.1 Å². The molecule has 12 nitrogen and oxygen atoms in total. The molecule has 1 saturated heterocycles. The number of para-hydroxylation sites is 1. The number of nitrogens with zero attached hydrogens (tertiary/aromatic N) is 1. The normalized spacial score (nSPS) is 19.0. The first-order valence-electron chi connectivity index (χ1n) is 12.2. The van der Waals surface area contributed by atoms with Crippen LogP contribution in [0.25, 0.3) is 0 Å². The van der Waals surface area contributed by atoms with Gasteiger partial charge >= 0.3 is 5.97 Å². The average molecular weight is 537 g/mol. The molecule has 0 radical (unpaired) electrons. The van der Waals surface area contributed by atoms with E-state index in [-0.39, 0.29) is 30.9 Å². The second-order valence-electron chi connectivity index (χ2n) is 9.10. The fourth-order valence-electron chi connectivity index (χ4n) is 4.02. The molecular formula is C25H33FN4O8. The highest BCUT2D eigenvalue weighted by atomic mass is 19.1. The Bertz CT molecular complexity index is 1050. The third-order valence-corrected chi connectivity index (χ3v) is 6.17. The number of hydrogen-bond donors (Lipinski definition) is 4. The summed E-state index contributed by atoms with van der Waals surface area (Å²) >= 11 is 0. The Hall–Kier alpha value is -4.03. The van der Waals surface area contributed by atoms with Gasteiger partial charge in [-0.1, -0.05) is 32.4 Å². The molecule has 0 saturated carbocycles. The van der Waals surface area contributed by atoms with Crippen LogP contribution in [0.2, 0.25) is 0 Å². The monoisotopic (exact) mass is 536 g/mol. The van der Waals surface area contributed by atoms with Crippen molar-refractivity contribution in [3.8, 4) is 5.75 Å². The zero-order valence-corrected chi connectivity index (χ0v) is 21.4. The first kappa shape index (κ1) is 30.2. The third kappa shape index (κ3) is 8.53. The molecule has 0 bridgehead atoms. The quantitative estimate of drug-likeness (QED) is 0.255. The smallest absolute Gasteiger partial charge is 0.305 e. The summed E-state index contributed by atoms with van der Waals surface area (Å²) in [6.45, 7) is 4.25. The fraction of sp³-hybridized carbons (Fsp3) is 0.520. The number of rotatable bonds is 13. The Morgan fingerprint density at radius 3 is 2.47 bits per heavy atom. The molecule has 1 aliphatic rings. The molecule has 208 valence electrons. The highest BCUT2D eigenvalue weighted by molar-refractivity contribution is 5.93. The number of hydrogen-bond acceptors (Lipinski definition) is 7. The van der Waals surface area contributed by atoms with Gasteiger partial charge in [-0.25, -0.2) is 4.39 Å². The van der Waals surface area contributed by atoms with Gasteiger partial charge in [0.2, 0.25) is 23.6 Å². The van der Waals surface area contributed by atoms with E-state index >= 15 is 0 Å². The van der Waals surface area contributed by atoms with E-state index in [1.807, 2.05) is 6.92 Å². The summed E-state index contributed by atoms with van der Waals surface area (Å²) in [5, 5.41) is 16.3. The summed E-state index contributed by atoms with van der Waals surface area (Å²) in [6, 6.07) is 2.24. The maximum Gasteiger partial charge on any atom is 0.305 e. The van der Waals surface area contributed by atoms with Gasteiger partial charge in [-0.05, 0) is 18.1 Å². The second-order valence-corrected chi connectivity index (χ2v) is 9.10. The molecule has 4 amide bonds. The van der Waals surface area contributed by atoms with Gasteiger partial charge in [-0.15, -0.1) is 0 Å². The van der Waals surface area contributed by atoms with Crippen molar-refractivity contribution in [2.24, 2.45) is 5.92 Å². The minimum Gasteiger partial charge on any atom is -0.485 e. The summed E-state index contributed by atoms with van der Waals surface area (Å²) in [5.41, 5.74) is 0. The van der Waals surface area contributed by atoms with Crippen LogP contribution in [0.5, 0.6) is 5.75 Å². The summed E-state index contributed by atoms with van der Waals surface area (Å²) in [4.78, 5) is 73.6. The number of carboxylic acid groups (broad SMARTS) is 1.